The van der Waals surface area contributed by atoms with Crippen LogP contribution in [0.2, 0.25) is 0 Å². The molecule has 0 aromatic rings. The van der Waals surface area contributed by atoms with Crippen molar-refractivity contribution in [3.8, 4) is 0 Å². The van der Waals surface area contributed by atoms with E-state index in [1.54, 1.807) is 6.92 Å². The summed E-state index contributed by atoms with van der Waals surface area (Å²) in [7, 11) is 0. The fraction of sp³-hybridized carbons (Fsp3) is 0.889. The SMILES string of the molecule is CC(C(=O)O)C1CN(CCCN)C1. The van der Waals surface area contributed by atoms with Gasteiger partial charge in [0, 0.05) is 13.1 Å². The average molecular weight is 186 g/mol. The van der Waals surface area contributed by atoms with Crippen molar-refractivity contribution >= 4 is 5.97 Å². The maximum atomic E-state index is 10.6. The predicted octanol–water partition coefficient (Wildman–Crippen LogP) is -0.0123. The van der Waals surface area contributed by atoms with Crippen molar-refractivity contribution in [1.29, 1.82) is 0 Å². The summed E-state index contributed by atoms with van der Waals surface area (Å²) >= 11 is 0. The number of aliphatic carboxylic acids is 1. The van der Waals surface area contributed by atoms with Crippen molar-refractivity contribution in [3.05, 3.63) is 0 Å². The molecule has 4 nitrogen and oxygen atoms in total. The number of nitrogens with zero attached hydrogens (tertiary/aromatic N) is 1. The maximum Gasteiger partial charge on any atom is 0.306 e. The van der Waals surface area contributed by atoms with Gasteiger partial charge in [0.15, 0.2) is 0 Å². The number of carbonyl (C=O) groups is 1. The van der Waals surface area contributed by atoms with Gasteiger partial charge in [-0.25, -0.2) is 0 Å². The van der Waals surface area contributed by atoms with Crippen molar-refractivity contribution in [2.24, 2.45) is 17.6 Å². The normalized spacial score (nSPS) is 21.1. The molecule has 1 atom stereocenters. The summed E-state index contributed by atoms with van der Waals surface area (Å²) in [5, 5.41) is 8.74. The van der Waals surface area contributed by atoms with E-state index in [1.165, 1.54) is 0 Å². The van der Waals surface area contributed by atoms with Crippen molar-refractivity contribution in [2.75, 3.05) is 26.2 Å². The van der Waals surface area contributed by atoms with Gasteiger partial charge in [-0.3, -0.25) is 4.79 Å². The molecule has 13 heavy (non-hydrogen) atoms. The molecule has 0 amide bonds. The predicted molar refractivity (Wildman–Crippen MR) is 50.4 cm³/mol. The first-order valence-corrected chi connectivity index (χ1v) is 4.80. The van der Waals surface area contributed by atoms with E-state index < -0.39 is 5.97 Å². The Hall–Kier alpha value is -0.610. The summed E-state index contributed by atoms with van der Waals surface area (Å²) in [6.07, 6.45) is 1.01. The third kappa shape index (κ3) is 2.67. The lowest BCUT2D eigenvalue weighted by molar-refractivity contribution is -0.145. The molecule has 0 radical (unpaired) electrons. The first-order chi connectivity index (χ1) is 6.15. The van der Waals surface area contributed by atoms with Crippen molar-refractivity contribution in [1.82, 2.24) is 4.90 Å². The van der Waals surface area contributed by atoms with E-state index in [2.05, 4.69) is 4.90 Å². The lowest BCUT2D eigenvalue weighted by Crippen LogP contribution is -2.51. The molecule has 1 rings (SSSR count). The summed E-state index contributed by atoms with van der Waals surface area (Å²) in [4.78, 5) is 12.9. The van der Waals surface area contributed by atoms with E-state index in [0.29, 0.717) is 5.92 Å². The Kier molecular flexibility index (Phi) is 3.69. The monoisotopic (exact) mass is 186 g/mol. The number of hydrogen-bond acceptors (Lipinski definition) is 3. The van der Waals surface area contributed by atoms with Gasteiger partial charge in [0.05, 0.1) is 5.92 Å². The molecular formula is C9H18N2O2. The van der Waals surface area contributed by atoms with Gasteiger partial charge in [0.2, 0.25) is 0 Å². The average Bonchev–Trinajstić information content (AvgIpc) is 2.01. The zero-order chi connectivity index (χ0) is 9.84. The van der Waals surface area contributed by atoms with Crippen LogP contribution in [-0.4, -0.2) is 42.2 Å². The first-order valence-electron chi connectivity index (χ1n) is 4.80. The van der Waals surface area contributed by atoms with Gasteiger partial charge in [-0.1, -0.05) is 6.92 Å². The molecule has 1 aliphatic rings. The first kappa shape index (κ1) is 10.5. The number of hydrogen-bond donors (Lipinski definition) is 2. The highest BCUT2D eigenvalue weighted by molar-refractivity contribution is 5.70. The maximum absolute atomic E-state index is 10.6. The van der Waals surface area contributed by atoms with Crippen molar-refractivity contribution in [3.63, 3.8) is 0 Å². The van der Waals surface area contributed by atoms with Gasteiger partial charge < -0.3 is 15.7 Å². The van der Waals surface area contributed by atoms with Crippen LogP contribution in [0.5, 0.6) is 0 Å². The van der Waals surface area contributed by atoms with E-state index in [4.69, 9.17) is 10.8 Å². The Labute approximate surface area is 78.7 Å². The van der Waals surface area contributed by atoms with E-state index >= 15 is 0 Å². The Morgan fingerprint density at radius 1 is 1.69 bits per heavy atom. The van der Waals surface area contributed by atoms with Crippen LogP contribution in [0.3, 0.4) is 0 Å². The van der Waals surface area contributed by atoms with Gasteiger partial charge in [-0.15, -0.1) is 0 Å². The van der Waals surface area contributed by atoms with Crippen LogP contribution in [0, 0.1) is 11.8 Å². The Bertz CT molecular complexity index is 178. The summed E-state index contributed by atoms with van der Waals surface area (Å²) in [5.74, 6) is -0.534. The highest BCUT2D eigenvalue weighted by atomic mass is 16.4. The molecule has 0 saturated carbocycles. The zero-order valence-electron chi connectivity index (χ0n) is 8.07. The van der Waals surface area contributed by atoms with Crippen molar-refractivity contribution < 1.29 is 9.90 Å². The fourth-order valence-corrected chi connectivity index (χ4v) is 1.63. The molecule has 1 unspecified atom stereocenters. The molecular weight excluding hydrogens is 168 g/mol. The molecule has 1 fully saturated rings. The molecule has 0 aromatic carbocycles. The molecule has 1 heterocycles. The quantitative estimate of drug-likeness (QED) is 0.633. The van der Waals surface area contributed by atoms with Crippen LogP contribution < -0.4 is 5.73 Å². The van der Waals surface area contributed by atoms with Gasteiger partial charge >= 0.3 is 5.97 Å². The number of rotatable bonds is 5. The molecule has 0 spiro atoms. The number of carboxylic acids is 1. The van der Waals surface area contributed by atoms with Gasteiger partial charge in [0.1, 0.15) is 0 Å². The topological polar surface area (TPSA) is 66.6 Å². The number of likely N-dealkylation sites (tertiary alicyclic amines) is 1. The van der Waals surface area contributed by atoms with E-state index in [1.807, 2.05) is 0 Å². The molecule has 0 bridgehead atoms. The molecule has 3 N–H and O–H groups in total. The van der Waals surface area contributed by atoms with E-state index in [9.17, 15) is 4.79 Å². The van der Waals surface area contributed by atoms with E-state index in [0.717, 1.165) is 32.6 Å². The minimum absolute atomic E-state index is 0.200. The van der Waals surface area contributed by atoms with Gasteiger partial charge in [-0.05, 0) is 25.4 Å². The summed E-state index contributed by atoms with van der Waals surface area (Å²) in [6, 6.07) is 0. The summed E-state index contributed by atoms with van der Waals surface area (Å²) in [5.41, 5.74) is 5.38. The molecule has 76 valence electrons. The third-order valence-electron chi connectivity index (χ3n) is 2.76. The summed E-state index contributed by atoms with van der Waals surface area (Å²) < 4.78 is 0. The van der Waals surface area contributed by atoms with Crippen LogP contribution in [0.1, 0.15) is 13.3 Å². The highest BCUT2D eigenvalue weighted by Gasteiger charge is 2.33. The largest absolute Gasteiger partial charge is 0.481 e. The van der Waals surface area contributed by atoms with Crippen molar-refractivity contribution in [2.45, 2.75) is 13.3 Å². The summed E-state index contributed by atoms with van der Waals surface area (Å²) in [6.45, 7) is 5.36. The minimum Gasteiger partial charge on any atom is -0.481 e. The number of carboxylic acid groups (broad SMARTS) is 1. The van der Waals surface area contributed by atoms with Gasteiger partial charge in [0.25, 0.3) is 0 Å². The molecule has 0 aromatic heterocycles. The van der Waals surface area contributed by atoms with Crippen LogP contribution in [0.25, 0.3) is 0 Å². The fourth-order valence-electron chi connectivity index (χ4n) is 1.63. The second kappa shape index (κ2) is 4.58. The molecule has 0 aliphatic carbocycles. The lowest BCUT2D eigenvalue weighted by atomic mass is 9.87. The second-order valence-corrected chi connectivity index (χ2v) is 3.79. The standard InChI is InChI=1S/C9H18N2O2/c1-7(9(12)13)8-5-11(6-8)4-2-3-10/h7-8H,2-6,10H2,1H3,(H,12,13). The highest BCUT2D eigenvalue weighted by Crippen LogP contribution is 2.23. The second-order valence-electron chi connectivity index (χ2n) is 3.79. The van der Waals surface area contributed by atoms with Crippen LogP contribution in [0.4, 0.5) is 0 Å². The molecule has 1 aliphatic heterocycles. The molecule has 4 heteroatoms. The Morgan fingerprint density at radius 3 is 2.77 bits per heavy atom. The van der Waals surface area contributed by atoms with Crippen LogP contribution in [-0.2, 0) is 4.79 Å². The van der Waals surface area contributed by atoms with Crippen LogP contribution >= 0.6 is 0 Å². The minimum atomic E-state index is -0.677. The number of nitrogens with two attached hydrogens (primary N) is 1. The Morgan fingerprint density at radius 2 is 2.31 bits per heavy atom. The van der Waals surface area contributed by atoms with Crippen LogP contribution in [0.15, 0.2) is 0 Å². The lowest BCUT2D eigenvalue weighted by Gasteiger charge is -2.41. The van der Waals surface area contributed by atoms with Gasteiger partial charge in [-0.2, -0.15) is 0 Å². The van der Waals surface area contributed by atoms with E-state index in [-0.39, 0.29) is 5.92 Å². The smallest absolute Gasteiger partial charge is 0.306 e. The third-order valence-corrected chi connectivity index (χ3v) is 2.76. The Balaban J connectivity index is 2.14. The molecule has 1 saturated heterocycles. The zero-order valence-corrected chi connectivity index (χ0v) is 8.07.